The Labute approximate surface area is 132 Å². The number of amides is 2. The summed E-state index contributed by atoms with van der Waals surface area (Å²) in [5, 5.41) is 7.44. The van der Waals surface area contributed by atoms with Crippen molar-refractivity contribution in [1.82, 2.24) is 14.7 Å². The van der Waals surface area contributed by atoms with Gasteiger partial charge < -0.3 is 15.0 Å². The van der Waals surface area contributed by atoms with Crippen molar-refractivity contribution >= 4 is 11.7 Å². The van der Waals surface area contributed by atoms with E-state index in [-0.39, 0.29) is 18.2 Å². The van der Waals surface area contributed by atoms with Crippen LogP contribution in [-0.2, 0) is 17.7 Å². The highest BCUT2D eigenvalue weighted by Crippen LogP contribution is 2.20. The van der Waals surface area contributed by atoms with E-state index in [0.717, 1.165) is 24.3 Å². The molecule has 1 saturated heterocycles. The molecule has 1 aromatic heterocycles. The zero-order chi connectivity index (χ0) is 16.3. The third-order valence-electron chi connectivity index (χ3n) is 4.21. The Hall–Kier alpha value is -1.56. The summed E-state index contributed by atoms with van der Waals surface area (Å²) in [6.07, 6.45) is 2.67. The third-order valence-corrected chi connectivity index (χ3v) is 4.21. The summed E-state index contributed by atoms with van der Waals surface area (Å²) in [6.45, 7) is 12.5. The molecule has 1 fully saturated rings. The second kappa shape index (κ2) is 7.13. The van der Waals surface area contributed by atoms with E-state index < -0.39 is 0 Å². The lowest BCUT2D eigenvalue weighted by atomic mass is 10.1. The standard InChI is InChI=1S/C16H28N4O2/c1-6-15-14(9-17-20(15)10-11(2)3)18-16(21)19-7-8-22-13(5)12(19)4/h9,11-13H,6-8,10H2,1-5H3,(H,18,21)/t12-,13+/m0/s1. The number of hydrogen-bond acceptors (Lipinski definition) is 3. The minimum Gasteiger partial charge on any atom is -0.375 e. The van der Waals surface area contributed by atoms with E-state index in [9.17, 15) is 4.79 Å². The molecule has 0 aromatic carbocycles. The van der Waals surface area contributed by atoms with E-state index in [4.69, 9.17) is 4.74 Å². The Bertz CT molecular complexity index is 512. The highest BCUT2D eigenvalue weighted by molar-refractivity contribution is 5.90. The molecule has 0 aliphatic carbocycles. The van der Waals surface area contributed by atoms with Gasteiger partial charge in [-0.15, -0.1) is 0 Å². The zero-order valence-electron chi connectivity index (χ0n) is 14.3. The number of carbonyl (C=O) groups excluding carboxylic acids is 1. The van der Waals surface area contributed by atoms with E-state index >= 15 is 0 Å². The Balaban J connectivity index is 2.09. The molecule has 1 N–H and O–H groups in total. The van der Waals surface area contributed by atoms with Crippen molar-refractivity contribution in [2.24, 2.45) is 5.92 Å². The fourth-order valence-electron chi connectivity index (χ4n) is 2.80. The molecule has 2 heterocycles. The molecule has 124 valence electrons. The highest BCUT2D eigenvalue weighted by atomic mass is 16.5. The lowest BCUT2D eigenvalue weighted by Crippen LogP contribution is -2.52. The van der Waals surface area contributed by atoms with Crippen LogP contribution in [0.25, 0.3) is 0 Å². The molecule has 1 aliphatic heterocycles. The van der Waals surface area contributed by atoms with E-state index in [1.165, 1.54) is 0 Å². The summed E-state index contributed by atoms with van der Waals surface area (Å²) in [4.78, 5) is 14.4. The maximum atomic E-state index is 12.5. The Kier molecular flexibility index (Phi) is 5.45. The van der Waals surface area contributed by atoms with Crippen molar-refractivity contribution in [3.63, 3.8) is 0 Å². The van der Waals surface area contributed by atoms with Crippen molar-refractivity contribution < 1.29 is 9.53 Å². The molecule has 6 heteroatoms. The predicted octanol–water partition coefficient (Wildman–Crippen LogP) is 2.74. The molecule has 0 bridgehead atoms. The molecule has 2 atom stereocenters. The van der Waals surface area contributed by atoms with E-state index in [1.807, 2.05) is 23.4 Å². The first-order chi connectivity index (χ1) is 10.4. The Morgan fingerprint density at radius 3 is 2.86 bits per heavy atom. The molecular weight excluding hydrogens is 280 g/mol. The fraction of sp³-hybridized carbons (Fsp3) is 0.750. The summed E-state index contributed by atoms with van der Waals surface area (Å²) in [7, 11) is 0. The van der Waals surface area contributed by atoms with Gasteiger partial charge in [-0.2, -0.15) is 5.10 Å². The third kappa shape index (κ3) is 3.61. The number of anilines is 1. The van der Waals surface area contributed by atoms with Crippen LogP contribution in [0.5, 0.6) is 0 Å². The van der Waals surface area contributed by atoms with Crippen molar-refractivity contribution in [2.75, 3.05) is 18.5 Å². The molecule has 2 rings (SSSR count). The monoisotopic (exact) mass is 308 g/mol. The van der Waals surface area contributed by atoms with Crippen molar-refractivity contribution in [1.29, 1.82) is 0 Å². The normalized spacial score (nSPS) is 22.2. The molecule has 1 aliphatic rings. The average Bonchev–Trinajstić information content (AvgIpc) is 2.82. The second-order valence-corrected chi connectivity index (χ2v) is 6.37. The van der Waals surface area contributed by atoms with Crippen LogP contribution in [0.3, 0.4) is 0 Å². The Morgan fingerprint density at radius 2 is 2.23 bits per heavy atom. The summed E-state index contributed by atoms with van der Waals surface area (Å²) in [5.41, 5.74) is 1.90. The smallest absolute Gasteiger partial charge is 0.322 e. The van der Waals surface area contributed by atoms with Crippen LogP contribution in [0.1, 0.15) is 40.3 Å². The molecule has 0 saturated carbocycles. The van der Waals surface area contributed by atoms with Gasteiger partial charge in [0, 0.05) is 13.1 Å². The van der Waals surface area contributed by atoms with E-state index in [1.54, 1.807) is 6.20 Å². The number of rotatable bonds is 4. The van der Waals surface area contributed by atoms with Gasteiger partial charge in [-0.25, -0.2) is 4.79 Å². The number of nitrogens with one attached hydrogen (secondary N) is 1. The summed E-state index contributed by atoms with van der Waals surface area (Å²) in [5.74, 6) is 0.522. The van der Waals surface area contributed by atoms with Gasteiger partial charge in [0.2, 0.25) is 0 Å². The maximum absolute atomic E-state index is 12.5. The van der Waals surface area contributed by atoms with Crippen molar-refractivity contribution in [3.05, 3.63) is 11.9 Å². The molecule has 0 spiro atoms. The number of aromatic nitrogens is 2. The number of nitrogens with zero attached hydrogens (tertiary/aromatic N) is 3. The first-order valence-corrected chi connectivity index (χ1v) is 8.17. The number of morpholine rings is 1. The lowest BCUT2D eigenvalue weighted by molar-refractivity contribution is -0.0355. The molecule has 6 nitrogen and oxygen atoms in total. The van der Waals surface area contributed by atoms with E-state index in [2.05, 4.69) is 31.2 Å². The highest BCUT2D eigenvalue weighted by Gasteiger charge is 2.29. The molecule has 2 amide bonds. The summed E-state index contributed by atoms with van der Waals surface area (Å²) in [6, 6.07) is 0.00554. The SMILES string of the molecule is CCc1c(NC(=O)N2CCO[C@H](C)[C@@H]2C)cnn1CC(C)C. The topological polar surface area (TPSA) is 59.4 Å². The number of hydrogen-bond donors (Lipinski definition) is 1. The van der Waals surface area contributed by atoms with Gasteiger partial charge in [0.25, 0.3) is 0 Å². The van der Waals surface area contributed by atoms with Crippen molar-refractivity contribution in [3.8, 4) is 0 Å². The van der Waals surface area contributed by atoms with Crippen LogP contribution < -0.4 is 5.32 Å². The van der Waals surface area contributed by atoms with Gasteiger partial charge >= 0.3 is 6.03 Å². The van der Waals surface area contributed by atoms with Crippen LogP contribution in [0.4, 0.5) is 10.5 Å². The van der Waals surface area contributed by atoms with Crippen LogP contribution in [-0.4, -0.2) is 46.0 Å². The molecule has 0 radical (unpaired) electrons. The zero-order valence-corrected chi connectivity index (χ0v) is 14.3. The summed E-state index contributed by atoms with van der Waals surface area (Å²) >= 11 is 0. The van der Waals surface area contributed by atoms with Crippen LogP contribution in [0.2, 0.25) is 0 Å². The van der Waals surface area contributed by atoms with Gasteiger partial charge in [-0.1, -0.05) is 20.8 Å². The maximum Gasteiger partial charge on any atom is 0.322 e. The molecular formula is C16H28N4O2. The fourth-order valence-corrected chi connectivity index (χ4v) is 2.80. The average molecular weight is 308 g/mol. The van der Waals surface area contributed by atoms with Gasteiger partial charge in [-0.3, -0.25) is 4.68 Å². The van der Waals surface area contributed by atoms with Gasteiger partial charge in [0.1, 0.15) is 0 Å². The predicted molar refractivity (Wildman–Crippen MR) is 87.0 cm³/mol. The summed E-state index contributed by atoms with van der Waals surface area (Å²) < 4.78 is 7.57. The molecule has 0 unspecified atom stereocenters. The lowest BCUT2D eigenvalue weighted by Gasteiger charge is -2.37. The van der Waals surface area contributed by atoms with Crippen molar-refractivity contribution in [2.45, 2.75) is 59.7 Å². The molecule has 22 heavy (non-hydrogen) atoms. The number of urea groups is 1. The quantitative estimate of drug-likeness (QED) is 0.930. The van der Waals surface area contributed by atoms with Gasteiger partial charge in [-0.05, 0) is 26.2 Å². The minimum atomic E-state index is -0.0681. The van der Waals surface area contributed by atoms with Gasteiger partial charge in [0.15, 0.2) is 0 Å². The number of ether oxygens (including phenoxy) is 1. The molecule has 1 aromatic rings. The van der Waals surface area contributed by atoms with Crippen LogP contribution in [0.15, 0.2) is 6.20 Å². The second-order valence-electron chi connectivity index (χ2n) is 6.37. The minimum absolute atomic E-state index is 0.0637. The van der Waals surface area contributed by atoms with Crippen LogP contribution >= 0.6 is 0 Å². The van der Waals surface area contributed by atoms with E-state index in [0.29, 0.717) is 19.1 Å². The first-order valence-electron chi connectivity index (χ1n) is 8.17. The largest absolute Gasteiger partial charge is 0.375 e. The van der Waals surface area contributed by atoms with Crippen LogP contribution in [0, 0.1) is 5.92 Å². The van der Waals surface area contributed by atoms with Gasteiger partial charge in [0.05, 0.1) is 36.3 Å². The Morgan fingerprint density at radius 1 is 1.50 bits per heavy atom. The first kappa shape index (κ1) is 16.8. The number of carbonyl (C=O) groups is 1.